The third-order valence-electron chi connectivity index (χ3n) is 3.96. The molecule has 1 atom stereocenters. The van der Waals surface area contributed by atoms with Crippen molar-refractivity contribution in [2.75, 3.05) is 6.61 Å². The van der Waals surface area contributed by atoms with Gasteiger partial charge in [0, 0.05) is 6.42 Å². The van der Waals surface area contributed by atoms with Crippen LogP contribution < -0.4 is 5.32 Å². The number of unbranched alkanes of at least 4 members (excludes halogenated alkanes) is 5. The Morgan fingerprint density at radius 2 is 1.71 bits per heavy atom. The zero-order valence-electron chi connectivity index (χ0n) is 15.1. The van der Waals surface area contributed by atoms with Crippen LogP contribution in [-0.4, -0.2) is 24.5 Å². The van der Waals surface area contributed by atoms with Crippen LogP contribution >= 0.6 is 0 Å². The van der Waals surface area contributed by atoms with Gasteiger partial charge in [0.15, 0.2) is 0 Å². The van der Waals surface area contributed by atoms with Crippen LogP contribution in [0.5, 0.6) is 0 Å². The van der Waals surface area contributed by atoms with Crippen molar-refractivity contribution in [3.63, 3.8) is 0 Å². The van der Waals surface area contributed by atoms with Gasteiger partial charge in [-0.15, -0.1) is 0 Å². The Bertz CT molecular complexity index is 473. The average Bonchev–Trinajstić information content (AvgIpc) is 2.60. The minimum atomic E-state index is -0.589. The second-order valence-electron chi connectivity index (χ2n) is 6.21. The summed E-state index contributed by atoms with van der Waals surface area (Å²) in [5.74, 6) is -0.473. The predicted molar refractivity (Wildman–Crippen MR) is 96.7 cm³/mol. The Morgan fingerprint density at radius 3 is 2.42 bits per heavy atom. The van der Waals surface area contributed by atoms with Gasteiger partial charge in [0.25, 0.3) is 0 Å². The standard InChI is InChI=1S/C20H31NO3/c1-3-4-5-6-7-11-16-24-20(23)17(2)21-19(22)15-14-18-12-9-8-10-13-18/h8-10,12-13,17H,3-7,11,14-16H2,1-2H3,(H,21,22). The third-order valence-corrected chi connectivity index (χ3v) is 3.96. The van der Waals surface area contributed by atoms with Crippen molar-refractivity contribution < 1.29 is 14.3 Å². The van der Waals surface area contributed by atoms with Crippen molar-refractivity contribution in [1.29, 1.82) is 0 Å². The van der Waals surface area contributed by atoms with Crippen molar-refractivity contribution in [1.82, 2.24) is 5.32 Å². The second-order valence-corrected chi connectivity index (χ2v) is 6.21. The maximum atomic E-state index is 11.9. The SMILES string of the molecule is CCCCCCCCOC(=O)C(C)NC(=O)CCc1ccccc1. The van der Waals surface area contributed by atoms with Gasteiger partial charge in [-0.05, 0) is 25.3 Å². The van der Waals surface area contributed by atoms with Crippen LogP contribution in [0.1, 0.15) is 64.4 Å². The predicted octanol–water partition coefficient (Wildman–Crippen LogP) is 4.03. The van der Waals surface area contributed by atoms with Crippen LogP contribution in [0.15, 0.2) is 30.3 Å². The first-order chi connectivity index (χ1) is 11.6. The highest BCUT2D eigenvalue weighted by Gasteiger charge is 2.16. The molecule has 0 radical (unpaired) electrons. The summed E-state index contributed by atoms with van der Waals surface area (Å²) < 4.78 is 5.22. The van der Waals surface area contributed by atoms with Crippen molar-refractivity contribution in [3.8, 4) is 0 Å². The first-order valence-electron chi connectivity index (χ1n) is 9.13. The zero-order chi connectivity index (χ0) is 17.6. The molecule has 134 valence electrons. The highest BCUT2D eigenvalue weighted by Crippen LogP contribution is 2.05. The fourth-order valence-corrected chi connectivity index (χ4v) is 2.46. The molecule has 0 spiro atoms. The normalized spacial score (nSPS) is 11.8. The number of carbonyl (C=O) groups is 2. The summed E-state index contributed by atoms with van der Waals surface area (Å²) in [4.78, 5) is 23.7. The van der Waals surface area contributed by atoms with E-state index in [2.05, 4.69) is 12.2 Å². The highest BCUT2D eigenvalue weighted by molar-refractivity contribution is 5.84. The van der Waals surface area contributed by atoms with Gasteiger partial charge in [0.1, 0.15) is 6.04 Å². The third kappa shape index (κ3) is 9.33. The molecule has 1 rings (SSSR count). The lowest BCUT2D eigenvalue weighted by Crippen LogP contribution is -2.39. The van der Waals surface area contributed by atoms with Gasteiger partial charge in [-0.25, -0.2) is 4.79 Å². The molecule has 0 aliphatic rings. The van der Waals surface area contributed by atoms with Gasteiger partial charge in [-0.3, -0.25) is 4.79 Å². The van der Waals surface area contributed by atoms with Gasteiger partial charge in [0.2, 0.25) is 5.91 Å². The molecule has 0 aliphatic carbocycles. The van der Waals surface area contributed by atoms with Crippen LogP contribution in [0.25, 0.3) is 0 Å². The van der Waals surface area contributed by atoms with Gasteiger partial charge >= 0.3 is 5.97 Å². The Labute approximate surface area is 146 Å². The van der Waals surface area contributed by atoms with E-state index in [-0.39, 0.29) is 11.9 Å². The number of amides is 1. The quantitative estimate of drug-likeness (QED) is 0.464. The van der Waals surface area contributed by atoms with Crippen molar-refractivity contribution >= 4 is 11.9 Å². The number of benzene rings is 1. The van der Waals surface area contributed by atoms with Crippen molar-refractivity contribution in [2.24, 2.45) is 0 Å². The van der Waals surface area contributed by atoms with Crippen LogP contribution in [0, 0.1) is 0 Å². The average molecular weight is 333 g/mol. The number of esters is 1. The Balaban J connectivity index is 2.11. The number of hydrogen-bond acceptors (Lipinski definition) is 3. The van der Waals surface area contributed by atoms with E-state index in [9.17, 15) is 9.59 Å². The first-order valence-corrected chi connectivity index (χ1v) is 9.13. The summed E-state index contributed by atoms with van der Waals surface area (Å²) in [6.45, 7) is 4.30. The maximum Gasteiger partial charge on any atom is 0.328 e. The second kappa shape index (κ2) is 12.6. The van der Waals surface area contributed by atoms with Crippen LogP contribution in [0.2, 0.25) is 0 Å². The summed E-state index contributed by atoms with van der Waals surface area (Å²) in [7, 11) is 0. The molecular weight excluding hydrogens is 302 g/mol. The molecule has 0 saturated heterocycles. The first kappa shape index (κ1) is 20.2. The number of rotatable bonds is 12. The largest absolute Gasteiger partial charge is 0.464 e. The highest BCUT2D eigenvalue weighted by atomic mass is 16.5. The summed E-state index contributed by atoms with van der Waals surface area (Å²) in [5, 5.41) is 2.71. The smallest absolute Gasteiger partial charge is 0.328 e. The molecule has 0 bridgehead atoms. The molecular formula is C20H31NO3. The van der Waals surface area contributed by atoms with E-state index in [1.807, 2.05) is 30.3 Å². The number of ether oxygens (including phenoxy) is 1. The molecule has 0 aliphatic heterocycles. The summed E-state index contributed by atoms with van der Waals surface area (Å²) in [6.07, 6.45) is 7.97. The fourth-order valence-electron chi connectivity index (χ4n) is 2.46. The topological polar surface area (TPSA) is 55.4 Å². The molecule has 1 unspecified atom stereocenters. The lowest BCUT2D eigenvalue weighted by Gasteiger charge is -2.13. The Hall–Kier alpha value is -1.84. The number of aryl methyl sites for hydroxylation is 1. The molecule has 0 fully saturated rings. The van der Waals surface area contributed by atoms with Gasteiger partial charge < -0.3 is 10.1 Å². The maximum absolute atomic E-state index is 11.9. The van der Waals surface area contributed by atoms with Crippen LogP contribution in [-0.2, 0) is 20.7 Å². The molecule has 0 saturated carbocycles. The minimum Gasteiger partial charge on any atom is -0.464 e. The Kier molecular flexibility index (Phi) is 10.6. The van der Waals surface area contributed by atoms with Gasteiger partial charge in [-0.1, -0.05) is 69.4 Å². The van der Waals surface area contributed by atoms with E-state index in [0.29, 0.717) is 19.4 Å². The van der Waals surface area contributed by atoms with Crippen molar-refractivity contribution in [3.05, 3.63) is 35.9 Å². The van der Waals surface area contributed by atoms with E-state index in [1.165, 1.54) is 25.7 Å². The summed E-state index contributed by atoms with van der Waals surface area (Å²) in [5.41, 5.74) is 1.12. The molecule has 4 nitrogen and oxygen atoms in total. The number of hydrogen-bond donors (Lipinski definition) is 1. The molecule has 1 aromatic carbocycles. The lowest BCUT2D eigenvalue weighted by molar-refractivity contribution is -0.147. The molecule has 1 aromatic rings. The van der Waals surface area contributed by atoms with Gasteiger partial charge in [-0.2, -0.15) is 0 Å². The zero-order valence-corrected chi connectivity index (χ0v) is 15.1. The Morgan fingerprint density at radius 1 is 1.04 bits per heavy atom. The van der Waals surface area contributed by atoms with Gasteiger partial charge in [0.05, 0.1) is 6.61 Å². The number of nitrogens with one attached hydrogen (secondary N) is 1. The van der Waals surface area contributed by atoms with E-state index in [4.69, 9.17) is 4.74 Å². The fraction of sp³-hybridized carbons (Fsp3) is 0.600. The van der Waals surface area contributed by atoms with Crippen molar-refractivity contribution in [2.45, 2.75) is 71.3 Å². The molecule has 4 heteroatoms. The molecule has 1 amide bonds. The molecule has 0 aromatic heterocycles. The van der Waals surface area contributed by atoms with Crippen LogP contribution in [0.3, 0.4) is 0 Å². The summed E-state index contributed by atoms with van der Waals surface area (Å²) in [6, 6.07) is 9.25. The molecule has 0 heterocycles. The van der Waals surface area contributed by atoms with E-state index in [0.717, 1.165) is 18.4 Å². The van der Waals surface area contributed by atoms with E-state index >= 15 is 0 Å². The lowest BCUT2D eigenvalue weighted by atomic mass is 10.1. The monoisotopic (exact) mass is 333 g/mol. The minimum absolute atomic E-state index is 0.122. The number of carbonyl (C=O) groups excluding carboxylic acids is 2. The van der Waals surface area contributed by atoms with E-state index < -0.39 is 6.04 Å². The molecule has 1 N–H and O–H groups in total. The summed E-state index contributed by atoms with van der Waals surface area (Å²) >= 11 is 0. The molecule has 24 heavy (non-hydrogen) atoms. The van der Waals surface area contributed by atoms with Crippen LogP contribution in [0.4, 0.5) is 0 Å². The van der Waals surface area contributed by atoms with E-state index in [1.54, 1.807) is 6.92 Å².